The minimum absolute atomic E-state index is 0.180. The Kier molecular flexibility index (Phi) is 4.42. The number of benzene rings is 2. The minimum Gasteiger partial charge on any atom is -0.507 e. The Balaban J connectivity index is 2.17. The van der Waals surface area contributed by atoms with Gasteiger partial charge in [-0.2, -0.15) is 5.10 Å². The number of para-hydroxylation sites is 1. The number of hydrogen-bond acceptors (Lipinski definition) is 3. The lowest BCUT2D eigenvalue weighted by atomic mass is 10.1. The second-order valence-corrected chi connectivity index (χ2v) is 4.50. The molecule has 0 aliphatic heterocycles. The molecular weight excluding hydrogens is 260 g/mol. The smallest absolute Gasteiger partial charge is 0.128 e. The quantitative estimate of drug-likeness (QED) is 0.505. The predicted octanol–water partition coefficient (Wildman–Crippen LogP) is 3.89. The largest absolute Gasteiger partial charge is 0.507 e. The summed E-state index contributed by atoms with van der Waals surface area (Å²) in [5.41, 5.74) is 6.19. The topological polar surface area (TPSA) is 44.6 Å². The third-order valence-electron chi connectivity index (χ3n) is 2.68. The number of hydrogen-bond donors (Lipinski definition) is 2. The van der Waals surface area contributed by atoms with E-state index in [0.29, 0.717) is 11.1 Å². The Labute approximate surface area is 117 Å². The molecule has 0 saturated heterocycles. The standard InChI is InChI=1S/C15H15ClN2O/c1-11-7-12(9-16)15(19)13(8-11)10-17-18-14-5-3-2-4-6-14/h2-8,10,18-19H,9H2,1H3. The maximum Gasteiger partial charge on any atom is 0.128 e. The molecule has 0 amide bonds. The molecule has 0 saturated carbocycles. The molecule has 0 aliphatic rings. The third-order valence-corrected chi connectivity index (χ3v) is 2.97. The van der Waals surface area contributed by atoms with Crippen LogP contribution in [0.1, 0.15) is 16.7 Å². The number of hydrazone groups is 1. The normalized spacial score (nSPS) is 10.8. The van der Waals surface area contributed by atoms with E-state index in [4.69, 9.17) is 11.6 Å². The summed E-state index contributed by atoms with van der Waals surface area (Å²) in [4.78, 5) is 0. The minimum atomic E-state index is 0.180. The summed E-state index contributed by atoms with van der Waals surface area (Å²) in [6.07, 6.45) is 1.59. The lowest BCUT2D eigenvalue weighted by molar-refractivity contribution is 0.469. The van der Waals surface area contributed by atoms with Crippen LogP contribution in [0.5, 0.6) is 5.75 Å². The van der Waals surface area contributed by atoms with Crippen LogP contribution in [0.4, 0.5) is 5.69 Å². The second-order valence-electron chi connectivity index (χ2n) is 4.23. The number of alkyl halides is 1. The van der Waals surface area contributed by atoms with Crippen molar-refractivity contribution in [2.75, 3.05) is 5.43 Å². The van der Waals surface area contributed by atoms with Gasteiger partial charge in [-0.05, 0) is 30.7 Å². The fourth-order valence-electron chi connectivity index (χ4n) is 1.77. The summed E-state index contributed by atoms with van der Waals surface area (Å²) in [6.45, 7) is 1.96. The molecule has 0 bridgehead atoms. The zero-order valence-corrected chi connectivity index (χ0v) is 11.4. The van der Waals surface area contributed by atoms with Crippen molar-refractivity contribution in [3.63, 3.8) is 0 Å². The fourth-order valence-corrected chi connectivity index (χ4v) is 1.98. The van der Waals surface area contributed by atoms with E-state index >= 15 is 0 Å². The van der Waals surface area contributed by atoms with E-state index in [0.717, 1.165) is 11.3 Å². The van der Waals surface area contributed by atoms with E-state index in [1.165, 1.54) is 0 Å². The first-order valence-electron chi connectivity index (χ1n) is 5.93. The maximum absolute atomic E-state index is 10.0. The summed E-state index contributed by atoms with van der Waals surface area (Å²) in [7, 11) is 0. The molecule has 0 heterocycles. The molecule has 2 N–H and O–H groups in total. The van der Waals surface area contributed by atoms with Crippen LogP contribution in [0.15, 0.2) is 47.6 Å². The molecule has 0 fully saturated rings. The molecule has 2 aromatic rings. The van der Waals surface area contributed by atoms with Crippen molar-refractivity contribution in [2.24, 2.45) is 5.10 Å². The van der Waals surface area contributed by atoms with Crippen molar-refractivity contribution in [2.45, 2.75) is 12.8 Å². The number of nitrogens with one attached hydrogen (secondary N) is 1. The number of aromatic hydroxyl groups is 1. The van der Waals surface area contributed by atoms with Crippen LogP contribution >= 0.6 is 11.6 Å². The molecule has 2 aromatic carbocycles. The van der Waals surface area contributed by atoms with Crippen LogP contribution in [0.25, 0.3) is 0 Å². The molecule has 3 nitrogen and oxygen atoms in total. The molecule has 0 spiro atoms. The average Bonchev–Trinajstić information content (AvgIpc) is 2.43. The Hall–Kier alpha value is -2.00. The van der Waals surface area contributed by atoms with Gasteiger partial charge in [0.2, 0.25) is 0 Å². The van der Waals surface area contributed by atoms with Crippen LogP contribution < -0.4 is 5.43 Å². The number of aryl methyl sites for hydroxylation is 1. The Morgan fingerprint density at radius 1 is 1.26 bits per heavy atom. The molecule has 2 rings (SSSR count). The lowest BCUT2D eigenvalue weighted by Crippen LogP contribution is -1.93. The molecule has 0 aliphatic carbocycles. The van der Waals surface area contributed by atoms with Gasteiger partial charge in [-0.15, -0.1) is 11.6 Å². The molecular formula is C15H15ClN2O. The van der Waals surface area contributed by atoms with Gasteiger partial charge in [0.1, 0.15) is 5.75 Å². The van der Waals surface area contributed by atoms with E-state index in [2.05, 4.69) is 10.5 Å². The van der Waals surface area contributed by atoms with Gasteiger partial charge in [-0.1, -0.05) is 24.3 Å². The Morgan fingerprint density at radius 3 is 2.68 bits per heavy atom. The van der Waals surface area contributed by atoms with E-state index in [-0.39, 0.29) is 11.6 Å². The SMILES string of the molecule is Cc1cc(C=NNc2ccccc2)c(O)c(CCl)c1. The highest BCUT2D eigenvalue weighted by Gasteiger charge is 2.06. The van der Waals surface area contributed by atoms with Gasteiger partial charge in [-0.3, -0.25) is 5.43 Å². The van der Waals surface area contributed by atoms with Crippen molar-refractivity contribution in [1.29, 1.82) is 0 Å². The van der Waals surface area contributed by atoms with Gasteiger partial charge < -0.3 is 5.11 Å². The highest BCUT2D eigenvalue weighted by atomic mass is 35.5. The molecule has 0 radical (unpaired) electrons. The summed E-state index contributed by atoms with van der Waals surface area (Å²) >= 11 is 5.79. The van der Waals surface area contributed by atoms with E-state index < -0.39 is 0 Å². The number of halogens is 1. The zero-order valence-electron chi connectivity index (χ0n) is 10.6. The first kappa shape index (κ1) is 13.4. The van der Waals surface area contributed by atoms with Gasteiger partial charge in [0, 0.05) is 11.1 Å². The zero-order chi connectivity index (χ0) is 13.7. The van der Waals surface area contributed by atoms with Crippen LogP contribution in [-0.2, 0) is 5.88 Å². The number of nitrogens with zero attached hydrogens (tertiary/aromatic N) is 1. The fraction of sp³-hybridized carbons (Fsp3) is 0.133. The monoisotopic (exact) mass is 274 g/mol. The van der Waals surface area contributed by atoms with Gasteiger partial charge in [0.15, 0.2) is 0 Å². The van der Waals surface area contributed by atoms with Crippen molar-refractivity contribution in [3.05, 3.63) is 59.2 Å². The summed E-state index contributed by atoms with van der Waals surface area (Å²) in [5, 5.41) is 14.1. The van der Waals surface area contributed by atoms with E-state index in [9.17, 15) is 5.11 Å². The highest BCUT2D eigenvalue weighted by Crippen LogP contribution is 2.24. The Bertz CT molecular complexity index is 582. The third kappa shape index (κ3) is 3.48. The van der Waals surface area contributed by atoms with Gasteiger partial charge in [0.05, 0.1) is 17.8 Å². The molecule has 0 aromatic heterocycles. The van der Waals surface area contributed by atoms with Crippen molar-refractivity contribution in [1.82, 2.24) is 0 Å². The van der Waals surface area contributed by atoms with Crippen molar-refractivity contribution >= 4 is 23.5 Å². The number of phenolic OH excluding ortho intramolecular Hbond substituents is 1. The van der Waals surface area contributed by atoms with Crippen molar-refractivity contribution < 1.29 is 5.11 Å². The van der Waals surface area contributed by atoms with Crippen LogP contribution in [0.2, 0.25) is 0 Å². The van der Waals surface area contributed by atoms with Gasteiger partial charge in [0.25, 0.3) is 0 Å². The van der Waals surface area contributed by atoms with Gasteiger partial charge >= 0.3 is 0 Å². The highest BCUT2D eigenvalue weighted by molar-refractivity contribution is 6.17. The van der Waals surface area contributed by atoms with Crippen LogP contribution in [-0.4, -0.2) is 11.3 Å². The number of anilines is 1. The predicted molar refractivity (Wildman–Crippen MR) is 80.1 cm³/mol. The van der Waals surface area contributed by atoms with E-state index in [1.807, 2.05) is 49.4 Å². The molecule has 4 heteroatoms. The lowest BCUT2D eigenvalue weighted by Gasteiger charge is -2.06. The summed E-state index contributed by atoms with van der Waals surface area (Å²) in [6, 6.07) is 13.3. The first-order chi connectivity index (χ1) is 9.20. The second kappa shape index (κ2) is 6.25. The first-order valence-corrected chi connectivity index (χ1v) is 6.46. The summed E-state index contributed by atoms with van der Waals surface area (Å²) in [5.74, 6) is 0.458. The average molecular weight is 275 g/mol. The van der Waals surface area contributed by atoms with Gasteiger partial charge in [-0.25, -0.2) is 0 Å². The number of phenols is 1. The van der Waals surface area contributed by atoms with E-state index in [1.54, 1.807) is 6.21 Å². The van der Waals surface area contributed by atoms with Crippen LogP contribution in [0.3, 0.4) is 0 Å². The Morgan fingerprint density at radius 2 is 2.00 bits per heavy atom. The molecule has 98 valence electrons. The van der Waals surface area contributed by atoms with Crippen LogP contribution in [0, 0.1) is 6.92 Å². The maximum atomic E-state index is 10.0. The summed E-state index contributed by atoms with van der Waals surface area (Å²) < 4.78 is 0. The molecule has 19 heavy (non-hydrogen) atoms. The van der Waals surface area contributed by atoms with Crippen molar-refractivity contribution in [3.8, 4) is 5.75 Å². The number of rotatable bonds is 4. The molecule has 0 atom stereocenters. The molecule has 0 unspecified atom stereocenters.